The summed E-state index contributed by atoms with van der Waals surface area (Å²) in [7, 11) is 3.26. The molecule has 0 bridgehead atoms. The molecule has 2 unspecified atom stereocenters. The Morgan fingerprint density at radius 1 is 1.03 bits per heavy atom. The number of hydrogen-bond donors (Lipinski definition) is 1. The minimum absolute atomic E-state index is 0.0988. The molecule has 35 heavy (non-hydrogen) atoms. The summed E-state index contributed by atoms with van der Waals surface area (Å²) in [6.45, 7) is 3.10. The topological polar surface area (TPSA) is 66.9 Å². The van der Waals surface area contributed by atoms with Gasteiger partial charge < -0.3 is 24.6 Å². The standard InChI is InChI=1S/C28H32N4O3/c1-34-25-11-10-20(17-26(25)35-2)12-14-30-28(33)22-18-21-7-3-4-8-23(21)32-16-15-31(19-24(22)32)27-9-5-6-13-29-27/h3-11,13,17,22,24H,12,14-16,18-19H2,1-2H3,(H,30,33). The zero-order valence-corrected chi connectivity index (χ0v) is 20.3. The Balaban J connectivity index is 1.30. The van der Waals surface area contributed by atoms with Gasteiger partial charge in [0.25, 0.3) is 0 Å². The molecule has 1 aromatic heterocycles. The molecule has 2 aliphatic heterocycles. The van der Waals surface area contributed by atoms with E-state index in [0.717, 1.165) is 43.9 Å². The third-order valence-electron chi connectivity index (χ3n) is 7.09. The molecule has 0 spiro atoms. The summed E-state index contributed by atoms with van der Waals surface area (Å²) >= 11 is 0. The number of nitrogens with zero attached hydrogens (tertiary/aromatic N) is 3. The summed E-state index contributed by atoms with van der Waals surface area (Å²) < 4.78 is 10.7. The van der Waals surface area contributed by atoms with Gasteiger partial charge in [0.2, 0.25) is 5.91 Å². The van der Waals surface area contributed by atoms with Crippen LogP contribution in [0, 0.1) is 5.92 Å². The van der Waals surface area contributed by atoms with Gasteiger partial charge in [0, 0.05) is 38.1 Å². The second kappa shape index (κ2) is 10.3. The highest BCUT2D eigenvalue weighted by Crippen LogP contribution is 2.36. The van der Waals surface area contributed by atoms with Crippen molar-refractivity contribution in [3.63, 3.8) is 0 Å². The summed E-state index contributed by atoms with van der Waals surface area (Å²) in [5.74, 6) is 2.36. The van der Waals surface area contributed by atoms with Crippen molar-refractivity contribution in [2.24, 2.45) is 5.92 Å². The lowest BCUT2D eigenvalue weighted by molar-refractivity contribution is -0.125. The fourth-order valence-corrected chi connectivity index (χ4v) is 5.30. The number of fused-ring (bicyclic) bond motifs is 3. The van der Waals surface area contributed by atoms with Gasteiger partial charge in [0.15, 0.2) is 11.5 Å². The van der Waals surface area contributed by atoms with Crippen molar-refractivity contribution in [3.8, 4) is 11.5 Å². The SMILES string of the molecule is COc1ccc(CCNC(=O)C2Cc3ccccc3N3CCN(c4ccccn4)CC23)cc1OC. The van der Waals surface area contributed by atoms with E-state index < -0.39 is 0 Å². The predicted molar refractivity (Wildman–Crippen MR) is 137 cm³/mol. The Bertz CT molecular complexity index is 1170. The fourth-order valence-electron chi connectivity index (χ4n) is 5.30. The number of pyridine rings is 1. The van der Waals surface area contributed by atoms with E-state index in [4.69, 9.17) is 9.47 Å². The Morgan fingerprint density at radius 3 is 2.66 bits per heavy atom. The molecule has 7 nitrogen and oxygen atoms in total. The number of nitrogens with one attached hydrogen (secondary N) is 1. The Kier molecular flexibility index (Phi) is 6.75. The van der Waals surface area contributed by atoms with E-state index >= 15 is 0 Å². The van der Waals surface area contributed by atoms with Gasteiger partial charge in [0.1, 0.15) is 5.82 Å². The molecular formula is C28H32N4O3. The number of amides is 1. The molecule has 7 heteroatoms. The normalized spacial score (nSPS) is 18.9. The summed E-state index contributed by atoms with van der Waals surface area (Å²) in [6.07, 6.45) is 3.30. The lowest BCUT2D eigenvalue weighted by atomic mass is 9.83. The van der Waals surface area contributed by atoms with Gasteiger partial charge in [-0.3, -0.25) is 4.79 Å². The van der Waals surface area contributed by atoms with Crippen molar-refractivity contribution in [2.45, 2.75) is 18.9 Å². The predicted octanol–water partition coefficient (Wildman–Crippen LogP) is 3.33. The van der Waals surface area contributed by atoms with Crippen LogP contribution in [-0.2, 0) is 17.6 Å². The van der Waals surface area contributed by atoms with E-state index in [-0.39, 0.29) is 17.9 Å². The van der Waals surface area contributed by atoms with Crippen LogP contribution in [0.3, 0.4) is 0 Å². The maximum Gasteiger partial charge on any atom is 0.225 e. The molecule has 1 saturated heterocycles. The second-order valence-corrected chi connectivity index (χ2v) is 9.06. The van der Waals surface area contributed by atoms with E-state index in [1.165, 1.54) is 11.3 Å². The van der Waals surface area contributed by atoms with Gasteiger partial charge in [-0.25, -0.2) is 4.98 Å². The summed E-state index contributed by atoms with van der Waals surface area (Å²) in [6, 6.07) is 20.5. The summed E-state index contributed by atoms with van der Waals surface area (Å²) in [4.78, 5) is 22.8. The molecule has 0 aliphatic carbocycles. The van der Waals surface area contributed by atoms with Crippen molar-refractivity contribution >= 4 is 17.4 Å². The summed E-state index contributed by atoms with van der Waals surface area (Å²) in [5, 5.41) is 3.21. The van der Waals surface area contributed by atoms with Crippen molar-refractivity contribution in [3.05, 3.63) is 78.0 Å². The van der Waals surface area contributed by atoms with Gasteiger partial charge >= 0.3 is 0 Å². The lowest BCUT2D eigenvalue weighted by Gasteiger charge is -2.49. The number of carbonyl (C=O) groups is 1. The maximum absolute atomic E-state index is 13.5. The van der Waals surface area contributed by atoms with Crippen molar-refractivity contribution in [1.29, 1.82) is 0 Å². The van der Waals surface area contributed by atoms with Gasteiger partial charge in [-0.2, -0.15) is 0 Å². The van der Waals surface area contributed by atoms with Crippen molar-refractivity contribution in [1.82, 2.24) is 10.3 Å². The molecule has 1 fully saturated rings. The molecule has 2 aliphatic rings. The molecule has 2 atom stereocenters. The minimum Gasteiger partial charge on any atom is -0.493 e. The highest BCUT2D eigenvalue weighted by atomic mass is 16.5. The van der Waals surface area contributed by atoms with Crippen LogP contribution >= 0.6 is 0 Å². The van der Waals surface area contributed by atoms with Crippen LogP contribution in [0.2, 0.25) is 0 Å². The number of para-hydroxylation sites is 1. The van der Waals surface area contributed by atoms with Crippen LogP contribution in [0.4, 0.5) is 11.5 Å². The molecule has 182 valence electrons. The average Bonchev–Trinajstić information content (AvgIpc) is 2.92. The third-order valence-corrected chi connectivity index (χ3v) is 7.09. The molecule has 5 rings (SSSR count). The number of carbonyl (C=O) groups excluding carboxylic acids is 1. The number of hydrogen-bond acceptors (Lipinski definition) is 6. The zero-order chi connectivity index (χ0) is 24.2. The quantitative estimate of drug-likeness (QED) is 0.569. The number of benzene rings is 2. The number of ether oxygens (including phenoxy) is 2. The largest absolute Gasteiger partial charge is 0.493 e. The van der Waals surface area contributed by atoms with Gasteiger partial charge in [-0.15, -0.1) is 0 Å². The number of piperazine rings is 1. The van der Waals surface area contributed by atoms with Crippen LogP contribution in [0.5, 0.6) is 11.5 Å². The average molecular weight is 473 g/mol. The lowest BCUT2D eigenvalue weighted by Crippen LogP contribution is -2.61. The molecule has 0 saturated carbocycles. The molecule has 3 aromatic rings. The fraction of sp³-hybridized carbons (Fsp3) is 0.357. The molecule has 1 N–H and O–H groups in total. The Hall–Kier alpha value is -3.74. The zero-order valence-electron chi connectivity index (χ0n) is 20.3. The number of aromatic nitrogens is 1. The molecule has 0 radical (unpaired) electrons. The van der Waals surface area contributed by atoms with Gasteiger partial charge in [-0.1, -0.05) is 30.3 Å². The first-order chi connectivity index (χ1) is 17.2. The molecule has 2 aromatic carbocycles. The third kappa shape index (κ3) is 4.76. The number of methoxy groups -OCH3 is 2. The first-order valence-electron chi connectivity index (χ1n) is 12.2. The molecular weight excluding hydrogens is 440 g/mol. The van der Waals surface area contributed by atoms with E-state index in [2.05, 4.69) is 44.4 Å². The van der Waals surface area contributed by atoms with Crippen LogP contribution in [-0.4, -0.2) is 57.3 Å². The van der Waals surface area contributed by atoms with Crippen LogP contribution < -0.4 is 24.6 Å². The monoisotopic (exact) mass is 472 g/mol. The van der Waals surface area contributed by atoms with Crippen molar-refractivity contribution in [2.75, 3.05) is 50.2 Å². The van der Waals surface area contributed by atoms with Crippen LogP contribution in [0.25, 0.3) is 0 Å². The Morgan fingerprint density at radius 2 is 1.86 bits per heavy atom. The van der Waals surface area contributed by atoms with Crippen molar-refractivity contribution < 1.29 is 14.3 Å². The highest BCUT2D eigenvalue weighted by Gasteiger charge is 2.41. The van der Waals surface area contributed by atoms with E-state index in [1.807, 2.05) is 42.6 Å². The molecule has 3 heterocycles. The first-order valence-corrected chi connectivity index (χ1v) is 12.2. The minimum atomic E-state index is -0.123. The number of rotatable bonds is 7. The maximum atomic E-state index is 13.5. The van der Waals surface area contributed by atoms with Gasteiger partial charge in [-0.05, 0) is 54.3 Å². The van der Waals surface area contributed by atoms with E-state index in [1.54, 1.807) is 14.2 Å². The first kappa shape index (κ1) is 23.0. The number of anilines is 2. The molecule has 1 amide bonds. The van der Waals surface area contributed by atoms with E-state index in [0.29, 0.717) is 18.0 Å². The van der Waals surface area contributed by atoms with E-state index in [9.17, 15) is 4.79 Å². The summed E-state index contributed by atoms with van der Waals surface area (Å²) in [5.41, 5.74) is 3.60. The van der Waals surface area contributed by atoms with Gasteiger partial charge in [0.05, 0.1) is 26.2 Å². The van der Waals surface area contributed by atoms with Crippen LogP contribution in [0.1, 0.15) is 11.1 Å². The smallest absolute Gasteiger partial charge is 0.225 e. The van der Waals surface area contributed by atoms with Crippen LogP contribution in [0.15, 0.2) is 66.9 Å². The highest BCUT2D eigenvalue weighted by molar-refractivity contribution is 5.82. The second-order valence-electron chi connectivity index (χ2n) is 9.06. The Labute approximate surface area is 206 Å².